The summed E-state index contributed by atoms with van der Waals surface area (Å²) in [5.41, 5.74) is 0.783. The average Bonchev–Trinajstić information content (AvgIpc) is 2.73. The molecule has 0 spiro atoms. The van der Waals surface area contributed by atoms with Crippen molar-refractivity contribution in [2.75, 3.05) is 26.7 Å². The maximum Gasteiger partial charge on any atom is 0.176 e. The second-order valence-electron chi connectivity index (χ2n) is 6.01. The lowest BCUT2D eigenvalue weighted by molar-refractivity contribution is 0.0932. The van der Waals surface area contributed by atoms with E-state index in [4.69, 9.17) is 4.74 Å². The average molecular weight is 289 g/mol. The van der Waals surface area contributed by atoms with Crippen LogP contribution in [-0.2, 0) is 0 Å². The molecule has 0 bridgehead atoms. The van der Waals surface area contributed by atoms with Crippen molar-refractivity contribution in [1.29, 1.82) is 0 Å². The van der Waals surface area contributed by atoms with Crippen molar-refractivity contribution in [3.05, 3.63) is 29.8 Å². The largest absolute Gasteiger partial charge is 0.497 e. The van der Waals surface area contributed by atoms with Crippen molar-refractivity contribution in [2.24, 2.45) is 5.92 Å². The van der Waals surface area contributed by atoms with Crippen LogP contribution in [0.15, 0.2) is 24.3 Å². The molecule has 0 radical (unpaired) electrons. The molecule has 0 N–H and O–H groups in total. The summed E-state index contributed by atoms with van der Waals surface area (Å²) in [4.78, 5) is 14.7. The van der Waals surface area contributed by atoms with Gasteiger partial charge in [0.25, 0.3) is 0 Å². The predicted molar refractivity (Wildman–Crippen MR) is 86.0 cm³/mol. The number of carbonyl (C=O) groups is 1. The highest BCUT2D eigenvalue weighted by Gasteiger charge is 2.18. The Morgan fingerprint density at radius 2 is 2.00 bits per heavy atom. The lowest BCUT2D eigenvalue weighted by Crippen LogP contribution is -2.31. The van der Waals surface area contributed by atoms with Gasteiger partial charge in [-0.2, -0.15) is 0 Å². The molecule has 1 heterocycles. The highest BCUT2D eigenvalue weighted by Crippen LogP contribution is 2.22. The van der Waals surface area contributed by atoms with Gasteiger partial charge in [0.1, 0.15) is 5.75 Å². The molecule has 21 heavy (non-hydrogen) atoms. The zero-order valence-electron chi connectivity index (χ0n) is 13.3. The third-order valence-electron chi connectivity index (χ3n) is 4.42. The third-order valence-corrected chi connectivity index (χ3v) is 4.42. The van der Waals surface area contributed by atoms with E-state index in [9.17, 15) is 4.79 Å². The van der Waals surface area contributed by atoms with E-state index in [0.717, 1.165) is 30.3 Å². The van der Waals surface area contributed by atoms with Gasteiger partial charge in [-0.3, -0.25) is 9.69 Å². The van der Waals surface area contributed by atoms with Crippen LogP contribution >= 0.6 is 0 Å². The van der Waals surface area contributed by atoms with Gasteiger partial charge in [0.15, 0.2) is 5.78 Å². The molecule has 1 saturated heterocycles. The van der Waals surface area contributed by atoms with Gasteiger partial charge < -0.3 is 4.74 Å². The number of likely N-dealkylation sites (tertiary alicyclic amines) is 1. The van der Waals surface area contributed by atoms with Gasteiger partial charge in [0, 0.05) is 5.56 Å². The fourth-order valence-corrected chi connectivity index (χ4v) is 3.15. The second kappa shape index (κ2) is 8.18. The first-order valence-electron chi connectivity index (χ1n) is 8.12. The van der Waals surface area contributed by atoms with Crippen LogP contribution in [-0.4, -0.2) is 37.4 Å². The number of hydrogen-bond donors (Lipinski definition) is 0. The van der Waals surface area contributed by atoms with Crippen molar-refractivity contribution >= 4 is 5.78 Å². The van der Waals surface area contributed by atoms with Gasteiger partial charge in [0.05, 0.1) is 13.7 Å². The maximum absolute atomic E-state index is 12.3. The minimum Gasteiger partial charge on any atom is -0.497 e. The van der Waals surface area contributed by atoms with Crippen molar-refractivity contribution in [3.63, 3.8) is 0 Å². The summed E-state index contributed by atoms with van der Waals surface area (Å²) >= 11 is 0. The topological polar surface area (TPSA) is 29.5 Å². The molecule has 0 aromatic heterocycles. The molecule has 1 aromatic rings. The molecule has 1 unspecified atom stereocenters. The molecule has 1 aliphatic heterocycles. The first-order chi connectivity index (χ1) is 10.2. The van der Waals surface area contributed by atoms with E-state index in [2.05, 4.69) is 11.8 Å². The maximum atomic E-state index is 12.3. The third kappa shape index (κ3) is 4.85. The molecular weight excluding hydrogens is 262 g/mol. The van der Waals surface area contributed by atoms with Crippen molar-refractivity contribution in [1.82, 2.24) is 4.90 Å². The van der Waals surface area contributed by atoms with Crippen LogP contribution < -0.4 is 4.74 Å². The molecule has 0 amide bonds. The number of benzene rings is 1. The number of Topliss-reactive ketones (excluding diaryl/α,β-unsaturated/α-hetero) is 1. The number of hydrogen-bond acceptors (Lipinski definition) is 3. The normalized spacial score (nSPS) is 20.0. The Morgan fingerprint density at radius 3 is 2.67 bits per heavy atom. The monoisotopic (exact) mass is 289 g/mol. The Labute approximate surface area is 128 Å². The van der Waals surface area contributed by atoms with Gasteiger partial charge in [-0.25, -0.2) is 0 Å². The summed E-state index contributed by atoms with van der Waals surface area (Å²) in [5.74, 6) is 1.87. The summed E-state index contributed by atoms with van der Waals surface area (Å²) in [6.45, 7) is 4.93. The van der Waals surface area contributed by atoms with Gasteiger partial charge in [-0.05, 0) is 62.5 Å². The minimum absolute atomic E-state index is 0.214. The molecule has 1 aromatic carbocycles. The fourth-order valence-electron chi connectivity index (χ4n) is 3.15. The lowest BCUT2D eigenvalue weighted by atomic mass is 9.96. The highest BCUT2D eigenvalue weighted by molar-refractivity contribution is 5.97. The summed E-state index contributed by atoms with van der Waals surface area (Å²) in [6.07, 6.45) is 6.39. The Morgan fingerprint density at radius 1 is 1.24 bits per heavy atom. The first kappa shape index (κ1) is 16.0. The molecule has 1 atom stereocenters. The Kier molecular flexibility index (Phi) is 6.24. The molecule has 0 aliphatic carbocycles. The van der Waals surface area contributed by atoms with Gasteiger partial charge in [0.2, 0.25) is 0 Å². The number of nitrogens with zero attached hydrogens (tertiary/aromatic N) is 1. The number of carbonyl (C=O) groups excluding carboxylic acids is 1. The molecule has 3 nitrogen and oxygen atoms in total. The van der Waals surface area contributed by atoms with E-state index in [0.29, 0.717) is 6.54 Å². The second-order valence-corrected chi connectivity index (χ2v) is 6.01. The van der Waals surface area contributed by atoms with Crippen molar-refractivity contribution in [3.8, 4) is 5.75 Å². The Balaban J connectivity index is 1.86. The highest BCUT2D eigenvalue weighted by atomic mass is 16.5. The Bertz CT molecular complexity index is 441. The van der Waals surface area contributed by atoms with Gasteiger partial charge >= 0.3 is 0 Å². The Hall–Kier alpha value is -1.35. The smallest absolute Gasteiger partial charge is 0.176 e. The van der Waals surface area contributed by atoms with Crippen LogP contribution in [0.1, 0.15) is 49.4 Å². The van der Waals surface area contributed by atoms with E-state index in [1.807, 2.05) is 24.3 Å². The molecule has 2 rings (SSSR count). The van der Waals surface area contributed by atoms with Crippen LogP contribution in [0.5, 0.6) is 5.75 Å². The van der Waals surface area contributed by atoms with Gasteiger partial charge in [-0.15, -0.1) is 0 Å². The van der Waals surface area contributed by atoms with E-state index < -0.39 is 0 Å². The molecular formula is C18H27NO2. The van der Waals surface area contributed by atoms with Crippen molar-refractivity contribution < 1.29 is 9.53 Å². The molecule has 1 fully saturated rings. The van der Waals surface area contributed by atoms with Crippen LogP contribution in [0, 0.1) is 5.92 Å². The SMILES string of the molecule is CCCC1CCCN(CC(=O)c2ccc(OC)cc2)CC1. The standard InChI is InChI=1S/C18H27NO2/c1-3-5-15-6-4-12-19(13-11-15)14-18(20)16-7-9-17(21-2)10-8-16/h7-10,15H,3-6,11-14H2,1-2H3. The molecule has 116 valence electrons. The number of rotatable bonds is 6. The first-order valence-corrected chi connectivity index (χ1v) is 8.12. The van der Waals surface area contributed by atoms with Crippen LogP contribution in [0.25, 0.3) is 0 Å². The number of ketones is 1. The summed E-state index contributed by atoms with van der Waals surface area (Å²) in [6, 6.07) is 7.43. The van der Waals surface area contributed by atoms with E-state index in [-0.39, 0.29) is 5.78 Å². The zero-order valence-corrected chi connectivity index (χ0v) is 13.3. The quantitative estimate of drug-likeness (QED) is 0.746. The van der Waals surface area contributed by atoms with Crippen LogP contribution in [0.3, 0.4) is 0 Å². The zero-order chi connectivity index (χ0) is 15.1. The summed E-state index contributed by atoms with van der Waals surface area (Å²) in [7, 11) is 1.64. The molecule has 1 aliphatic rings. The minimum atomic E-state index is 0.214. The van der Waals surface area contributed by atoms with Crippen LogP contribution in [0.2, 0.25) is 0 Å². The molecule has 3 heteroatoms. The summed E-state index contributed by atoms with van der Waals surface area (Å²) in [5, 5.41) is 0. The number of methoxy groups -OCH3 is 1. The van der Waals surface area contributed by atoms with Crippen LogP contribution in [0.4, 0.5) is 0 Å². The number of ether oxygens (including phenoxy) is 1. The predicted octanol–water partition coefficient (Wildman–Crippen LogP) is 3.78. The summed E-state index contributed by atoms with van der Waals surface area (Å²) < 4.78 is 5.13. The molecule has 0 saturated carbocycles. The lowest BCUT2D eigenvalue weighted by Gasteiger charge is -2.19. The van der Waals surface area contributed by atoms with E-state index >= 15 is 0 Å². The van der Waals surface area contributed by atoms with Gasteiger partial charge in [-0.1, -0.05) is 19.8 Å². The fraction of sp³-hybridized carbons (Fsp3) is 0.611. The van der Waals surface area contributed by atoms with Crippen molar-refractivity contribution in [2.45, 2.75) is 39.0 Å². The van der Waals surface area contributed by atoms with E-state index in [1.165, 1.54) is 32.1 Å². The van der Waals surface area contributed by atoms with E-state index in [1.54, 1.807) is 7.11 Å².